The molecule has 12 aromatic rings. The molecule has 0 spiro atoms. The minimum atomic E-state index is 0.625. The van der Waals surface area contributed by atoms with Gasteiger partial charge in [0.25, 0.3) is 0 Å². The van der Waals surface area contributed by atoms with E-state index < -0.39 is 0 Å². The predicted molar refractivity (Wildman–Crippen MR) is 240 cm³/mol. The molecule has 4 heterocycles. The predicted octanol–water partition coefficient (Wildman–Crippen LogP) is 14.2. The van der Waals surface area contributed by atoms with Gasteiger partial charge in [0.1, 0.15) is 11.2 Å². The fourth-order valence-corrected chi connectivity index (χ4v) is 9.61. The summed E-state index contributed by atoms with van der Waals surface area (Å²) in [6.07, 6.45) is 0. The maximum absolute atomic E-state index is 6.83. The first-order valence-corrected chi connectivity index (χ1v) is 20.1. The fraction of sp³-hybridized carbons (Fsp3) is 0. The number of benzene rings is 8. The molecule has 270 valence electrons. The zero-order valence-electron chi connectivity index (χ0n) is 30.9. The maximum Gasteiger partial charge on any atom is 0.164 e. The van der Waals surface area contributed by atoms with Crippen LogP contribution >= 0.6 is 11.3 Å². The Morgan fingerprint density at radius 2 is 0.948 bits per heavy atom. The van der Waals surface area contributed by atoms with Crippen molar-refractivity contribution in [2.24, 2.45) is 0 Å². The molecule has 0 bridgehead atoms. The maximum atomic E-state index is 6.83. The van der Waals surface area contributed by atoms with Crippen LogP contribution in [0.15, 0.2) is 186 Å². The van der Waals surface area contributed by atoms with E-state index in [2.05, 4.69) is 140 Å². The molecule has 8 aromatic carbocycles. The Bertz CT molecular complexity index is 3560. The number of hydrogen-bond donors (Lipinski definition) is 0. The van der Waals surface area contributed by atoms with Gasteiger partial charge in [0.05, 0.1) is 11.2 Å². The lowest BCUT2D eigenvalue weighted by Gasteiger charge is -2.11. The summed E-state index contributed by atoms with van der Waals surface area (Å²) in [5.74, 6) is 1.92. The lowest BCUT2D eigenvalue weighted by molar-refractivity contribution is 0.673. The lowest BCUT2D eigenvalue weighted by atomic mass is 9.95. The second-order valence-corrected chi connectivity index (χ2v) is 15.6. The first-order chi connectivity index (χ1) is 28.7. The highest BCUT2D eigenvalue weighted by molar-refractivity contribution is 7.25. The molecule has 58 heavy (non-hydrogen) atoms. The molecule has 6 heteroatoms. The largest absolute Gasteiger partial charge is 0.455 e. The van der Waals surface area contributed by atoms with Crippen molar-refractivity contribution in [2.45, 2.75) is 0 Å². The average molecular weight is 759 g/mol. The molecule has 0 saturated carbocycles. The van der Waals surface area contributed by atoms with Gasteiger partial charge in [-0.2, -0.15) is 0 Å². The van der Waals surface area contributed by atoms with Gasteiger partial charge in [-0.25, -0.2) is 19.9 Å². The van der Waals surface area contributed by atoms with Gasteiger partial charge in [-0.15, -0.1) is 11.3 Å². The smallest absolute Gasteiger partial charge is 0.164 e. The van der Waals surface area contributed by atoms with Gasteiger partial charge in [-0.05, 0) is 41.5 Å². The van der Waals surface area contributed by atoms with Crippen molar-refractivity contribution in [3.8, 4) is 56.5 Å². The number of thiophene rings is 1. The number of furan rings is 1. The van der Waals surface area contributed by atoms with E-state index in [9.17, 15) is 0 Å². The van der Waals surface area contributed by atoms with E-state index in [4.69, 9.17) is 24.4 Å². The zero-order chi connectivity index (χ0) is 38.2. The van der Waals surface area contributed by atoms with E-state index in [0.29, 0.717) is 17.5 Å². The highest BCUT2D eigenvalue weighted by Gasteiger charge is 2.20. The fourth-order valence-electron chi connectivity index (χ4n) is 8.48. The molecule has 0 saturated heterocycles. The van der Waals surface area contributed by atoms with Gasteiger partial charge in [0.2, 0.25) is 0 Å². The summed E-state index contributed by atoms with van der Waals surface area (Å²) in [7, 11) is 0. The Morgan fingerprint density at radius 1 is 0.345 bits per heavy atom. The van der Waals surface area contributed by atoms with Crippen molar-refractivity contribution in [3.63, 3.8) is 0 Å². The molecule has 0 aliphatic rings. The molecule has 0 fully saturated rings. The molecule has 4 aromatic heterocycles. The zero-order valence-corrected chi connectivity index (χ0v) is 31.7. The molecule has 0 unspecified atom stereocenters. The number of rotatable bonds is 5. The minimum absolute atomic E-state index is 0.625. The molecule has 0 aliphatic heterocycles. The van der Waals surface area contributed by atoms with E-state index in [0.717, 1.165) is 82.7 Å². The molecular formula is C52H30N4OS. The molecule has 0 amide bonds. The summed E-state index contributed by atoms with van der Waals surface area (Å²) in [4.78, 5) is 20.5. The van der Waals surface area contributed by atoms with Crippen molar-refractivity contribution in [1.82, 2.24) is 19.9 Å². The van der Waals surface area contributed by atoms with Crippen LogP contribution in [0.4, 0.5) is 0 Å². The van der Waals surface area contributed by atoms with Gasteiger partial charge < -0.3 is 4.42 Å². The Labute approximate surface area is 336 Å². The Kier molecular flexibility index (Phi) is 7.33. The van der Waals surface area contributed by atoms with Crippen LogP contribution in [-0.2, 0) is 0 Å². The first-order valence-electron chi connectivity index (χ1n) is 19.3. The van der Waals surface area contributed by atoms with Crippen LogP contribution in [0.5, 0.6) is 0 Å². The summed E-state index contributed by atoms with van der Waals surface area (Å²) >= 11 is 1.79. The number of aromatic nitrogens is 4. The first kappa shape index (κ1) is 32.7. The monoisotopic (exact) mass is 758 g/mol. The van der Waals surface area contributed by atoms with E-state index in [1.807, 2.05) is 42.5 Å². The van der Waals surface area contributed by atoms with E-state index in [1.54, 1.807) is 11.3 Å². The summed E-state index contributed by atoms with van der Waals surface area (Å²) in [6.45, 7) is 0. The van der Waals surface area contributed by atoms with Crippen molar-refractivity contribution in [2.75, 3.05) is 0 Å². The average Bonchev–Trinajstić information content (AvgIpc) is 3.88. The molecule has 0 radical (unpaired) electrons. The number of fused-ring (bicyclic) bond motifs is 10. The summed E-state index contributed by atoms with van der Waals surface area (Å²) in [5.41, 5.74) is 9.70. The van der Waals surface area contributed by atoms with Crippen LogP contribution < -0.4 is 0 Å². The SMILES string of the molecule is c1ccc(-c2nc(-c3ccc(-c4cccc5oc6c(ccc7c(-c8ccccc8)nc8ccccc8c76)c45)cc3)nc(-c3cccc4sc5ccccc5c34)n2)cc1. The number of para-hydroxylation sites is 1. The number of hydrogen-bond acceptors (Lipinski definition) is 6. The molecule has 5 nitrogen and oxygen atoms in total. The summed E-state index contributed by atoms with van der Waals surface area (Å²) in [6, 6.07) is 63.1. The standard InChI is InChI=1S/C52H30N4OS/c1-3-13-32(14-4-1)48-38-29-30-39-45-35(19-11-22-42(45)57-49(39)47(38)36-17-7-9-21-41(36)53-48)31-25-27-34(28-26-31)51-54-50(33-15-5-2-6-16-33)55-52(56-51)40-20-12-24-44-46(40)37-18-8-10-23-43(37)58-44/h1-30H. The third-order valence-electron chi connectivity index (χ3n) is 11.1. The quantitative estimate of drug-likeness (QED) is 0.164. The van der Waals surface area contributed by atoms with Crippen LogP contribution in [-0.4, -0.2) is 19.9 Å². The van der Waals surface area contributed by atoms with Crippen LogP contribution in [0.25, 0.3) is 120 Å². The van der Waals surface area contributed by atoms with Crippen LogP contribution in [0.3, 0.4) is 0 Å². The molecule has 12 rings (SSSR count). The number of pyridine rings is 1. The Hall–Kier alpha value is -7.54. The minimum Gasteiger partial charge on any atom is -0.455 e. The van der Waals surface area contributed by atoms with Crippen LogP contribution in [0.1, 0.15) is 0 Å². The van der Waals surface area contributed by atoms with Gasteiger partial charge >= 0.3 is 0 Å². The third-order valence-corrected chi connectivity index (χ3v) is 12.3. The topological polar surface area (TPSA) is 64.7 Å². The second kappa shape index (κ2) is 13.0. The van der Waals surface area contributed by atoms with Gasteiger partial charge in [-0.3, -0.25) is 0 Å². The van der Waals surface area contributed by atoms with E-state index in [1.165, 1.54) is 20.2 Å². The Morgan fingerprint density at radius 3 is 1.76 bits per heavy atom. The van der Waals surface area contributed by atoms with Gasteiger partial charge in [-0.1, -0.05) is 152 Å². The highest BCUT2D eigenvalue weighted by Crippen LogP contribution is 2.44. The van der Waals surface area contributed by atoms with Gasteiger partial charge in [0, 0.05) is 69.4 Å². The van der Waals surface area contributed by atoms with Crippen LogP contribution in [0, 0.1) is 0 Å². The van der Waals surface area contributed by atoms with Crippen LogP contribution in [0.2, 0.25) is 0 Å². The molecule has 0 atom stereocenters. The van der Waals surface area contributed by atoms with Crippen molar-refractivity contribution in [1.29, 1.82) is 0 Å². The highest BCUT2D eigenvalue weighted by atomic mass is 32.1. The van der Waals surface area contributed by atoms with Crippen molar-refractivity contribution in [3.05, 3.63) is 182 Å². The normalized spacial score (nSPS) is 11.8. The molecular weight excluding hydrogens is 729 g/mol. The third kappa shape index (κ3) is 5.16. The number of nitrogens with zero attached hydrogens (tertiary/aromatic N) is 4. The van der Waals surface area contributed by atoms with Crippen molar-refractivity contribution < 1.29 is 4.42 Å². The van der Waals surface area contributed by atoms with Gasteiger partial charge in [0.15, 0.2) is 17.5 Å². The summed E-state index contributed by atoms with van der Waals surface area (Å²) < 4.78 is 9.28. The molecule has 0 N–H and O–H groups in total. The lowest BCUT2D eigenvalue weighted by Crippen LogP contribution is -2.00. The van der Waals surface area contributed by atoms with E-state index >= 15 is 0 Å². The van der Waals surface area contributed by atoms with Crippen molar-refractivity contribution >= 4 is 75.1 Å². The Balaban J connectivity index is 1.01. The summed E-state index contributed by atoms with van der Waals surface area (Å²) in [5, 5.41) is 7.75. The van der Waals surface area contributed by atoms with E-state index in [-0.39, 0.29) is 0 Å². The second-order valence-electron chi connectivity index (χ2n) is 14.5. The molecule has 0 aliphatic carbocycles.